The summed E-state index contributed by atoms with van der Waals surface area (Å²) < 4.78 is 4.69. The van der Waals surface area contributed by atoms with Crippen molar-refractivity contribution in [2.75, 3.05) is 7.11 Å². The number of nitrogens with two attached hydrogens (primary N) is 1. The lowest BCUT2D eigenvalue weighted by Crippen LogP contribution is -2.83. The van der Waals surface area contributed by atoms with Crippen molar-refractivity contribution in [3.63, 3.8) is 0 Å². The van der Waals surface area contributed by atoms with Crippen LogP contribution in [-0.4, -0.2) is 62.6 Å². The monoisotopic (exact) mass is 533 g/mol. The van der Waals surface area contributed by atoms with Crippen molar-refractivity contribution < 1.29 is 29.0 Å². The van der Waals surface area contributed by atoms with Gasteiger partial charge in [-0.2, -0.15) is 0 Å². The van der Waals surface area contributed by atoms with Crippen LogP contribution in [0, 0.1) is 3.57 Å². The van der Waals surface area contributed by atoms with Crippen molar-refractivity contribution in [2.45, 2.75) is 41.6 Å². The molecule has 11 heteroatoms. The fraction of sp³-hybridized carbons (Fsp3) is 0.444. The number of ether oxygens (including phenoxy) is 1. The number of methoxy groups -OCH3 is 1. The van der Waals surface area contributed by atoms with Crippen molar-refractivity contribution >= 4 is 58.1 Å². The van der Waals surface area contributed by atoms with Gasteiger partial charge in [0.25, 0.3) is 5.91 Å². The number of carboxylic acids is 1. The number of carboxylic acid groups (broad SMARTS) is 1. The van der Waals surface area contributed by atoms with Gasteiger partial charge in [0.1, 0.15) is 17.5 Å². The second kappa shape index (κ2) is 7.43. The van der Waals surface area contributed by atoms with Gasteiger partial charge >= 0.3 is 11.9 Å². The molecule has 0 aromatic heterocycles. The van der Waals surface area contributed by atoms with Crippen LogP contribution in [-0.2, 0) is 23.9 Å². The van der Waals surface area contributed by atoms with E-state index in [1.807, 2.05) is 22.6 Å². The van der Waals surface area contributed by atoms with E-state index in [0.29, 0.717) is 5.56 Å². The van der Waals surface area contributed by atoms with Gasteiger partial charge in [0.15, 0.2) is 0 Å². The Hall–Kier alpha value is -1.86. The van der Waals surface area contributed by atoms with E-state index in [2.05, 4.69) is 5.32 Å². The molecule has 4 N–H and O–H groups in total. The zero-order valence-electron chi connectivity index (χ0n) is 15.8. The molecule has 0 saturated carbocycles. The highest BCUT2D eigenvalue weighted by Crippen LogP contribution is 2.55. The summed E-state index contributed by atoms with van der Waals surface area (Å²) in [6.07, 6.45) is 0. The molecule has 156 valence electrons. The molecule has 1 aromatic carbocycles. The third kappa shape index (κ3) is 3.19. The maximum atomic E-state index is 13.0. The summed E-state index contributed by atoms with van der Waals surface area (Å²) in [6, 6.07) is 4.72. The van der Waals surface area contributed by atoms with Gasteiger partial charge in [-0.25, -0.2) is 9.59 Å². The number of hydrogen-bond acceptors (Lipinski definition) is 7. The van der Waals surface area contributed by atoms with Crippen LogP contribution in [0.2, 0.25) is 0 Å². The number of thioether (sulfide) groups is 1. The molecule has 0 spiro atoms. The first-order valence-corrected chi connectivity index (χ1v) is 10.6. The Bertz CT molecular complexity index is 909. The van der Waals surface area contributed by atoms with E-state index < -0.39 is 51.5 Å². The van der Waals surface area contributed by atoms with Gasteiger partial charge in [-0.05, 0) is 48.1 Å². The first-order chi connectivity index (χ1) is 13.5. The summed E-state index contributed by atoms with van der Waals surface area (Å²) in [5.74, 6) is -3.69. The zero-order valence-corrected chi connectivity index (χ0v) is 18.8. The minimum atomic E-state index is -2.02. The first-order valence-electron chi connectivity index (χ1n) is 8.63. The summed E-state index contributed by atoms with van der Waals surface area (Å²) >= 11 is 3.16. The second-order valence-corrected chi connectivity index (χ2v) is 10.2. The number of β-lactam (4-membered cyclic amide) rings is 1. The van der Waals surface area contributed by atoms with Crippen LogP contribution in [0.3, 0.4) is 0 Å². The van der Waals surface area contributed by atoms with Crippen molar-refractivity contribution in [1.29, 1.82) is 0 Å². The van der Waals surface area contributed by atoms with Crippen molar-refractivity contribution in [3.05, 3.63) is 33.4 Å². The summed E-state index contributed by atoms with van der Waals surface area (Å²) in [5.41, 5.74) is 4.60. The molecule has 2 unspecified atom stereocenters. The predicted octanol–water partition coefficient (Wildman–Crippen LogP) is 0.466. The number of fused-ring (bicyclic) bond motifs is 1. The first kappa shape index (κ1) is 21.8. The molecule has 9 nitrogen and oxygen atoms in total. The molecule has 29 heavy (non-hydrogen) atoms. The smallest absolute Gasteiger partial charge is 0.344 e. The standard InChI is InChI=1S/C18H20IN3O6S/c1-17(2)11(13(24)25)22-14(26)18(15(22)29-17,16(27)28-3)21-12(23)10(20)8-6-4-5-7-9(8)19/h4-7,10-11,15H,20H2,1-3H3,(H,21,23)(H,24,25)/t10?,11-,15+,18?/m0/s1. The van der Waals surface area contributed by atoms with Crippen molar-refractivity contribution in [1.82, 2.24) is 10.2 Å². The summed E-state index contributed by atoms with van der Waals surface area (Å²) in [5, 5.41) is 11.1. The number of benzene rings is 1. The number of carbonyl (C=O) groups excluding carboxylic acids is 3. The van der Waals surface area contributed by atoms with Crippen LogP contribution in [0.5, 0.6) is 0 Å². The average Bonchev–Trinajstić information content (AvgIpc) is 2.93. The van der Waals surface area contributed by atoms with E-state index in [1.165, 1.54) is 0 Å². The number of nitrogens with one attached hydrogen (secondary N) is 1. The largest absolute Gasteiger partial charge is 0.480 e. The average molecular weight is 533 g/mol. The molecule has 0 radical (unpaired) electrons. The molecule has 2 aliphatic rings. The van der Waals surface area contributed by atoms with Gasteiger partial charge in [-0.1, -0.05) is 18.2 Å². The number of halogens is 1. The minimum Gasteiger partial charge on any atom is -0.480 e. The van der Waals surface area contributed by atoms with Crippen LogP contribution in [0.25, 0.3) is 0 Å². The van der Waals surface area contributed by atoms with Crippen LogP contribution < -0.4 is 11.1 Å². The second-order valence-electron chi connectivity index (χ2n) is 7.31. The Morgan fingerprint density at radius 3 is 2.52 bits per heavy atom. The molecule has 2 aliphatic heterocycles. The number of rotatable bonds is 5. The highest BCUT2D eigenvalue weighted by molar-refractivity contribution is 14.1. The Morgan fingerprint density at radius 2 is 1.97 bits per heavy atom. The predicted molar refractivity (Wildman–Crippen MR) is 113 cm³/mol. The van der Waals surface area contributed by atoms with Gasteiger partial charge in [0, 0.05) is 8.32 Å². The van der Waals surface area contributed by atoms with E-state index in [4.69, 9.17) is 10.5 Å². The fourth-order valence-corrected chi connectivity index (χ4v) is 6.12. The number of nitrogens with zero attached hydrogens (tertiary/aromatic N) is 1. The maximum absolute atomic E-state index is 13.0. The molecule has 2 fully saturated rings. The molecule has 2 heterocycles. The van der Waals surface area contributed by atoms with Crippen molar-refractivity contribution in [2.24, 2.45) is 5.73 Å². The van der Waals surface area contributed by atoms with Crippen LogP contribution in [0.15, 0.2) is 24.3 Å². The van der Waals surface area contributed by atoms with E-state index in [9.17, 15) is 24.3 Å². The maximum Gasteiger partial charge on any atom is 0.344 e. The van der Waals surface area contributed by atoms with Crippen molar-refractivity contribution in [3.8, 4) is 0 Å². The third-order valence-electron chi connectivity index (χ3n) is 5.13. The molecule has 1 aromatic rings. The molecule has 2 saturated heterocycles. The minimum absolute atomic E-state index is 0.539. The molecule has 3 rings (SSSR count). The molecule has 0 bridgehead atoms. The Morgan fingerprint density at radius 1 is 1.34 bits per heavy atom. The van der Waals surface area contributed by atoms with Gasteiger partial charge in [0.05, 0.1) is 7.11 Å². The van der Waals surface area contributed by atoms with Gasteiger partial charge in [-0.15, -0.1) is 11.8 Å². The van der Waals surface area contributed by atoms with E-state index in [1.54, 1.807) is 38.1 Å². The summed E-state index contributed by atoms with van der Waals surface area (Å²) in [6.45, 7) is 3.34. The number of aliphatic carboxylic acids is 1. The quantitative estimate of drug-likeness (QED) is 0.215. The van der Waals surface area contributed by atoms with Gasteiger partial charge in [-0.3, -0.25) is 9.59 Å². The highest BCUT2D eigenvalue weighted by atomic mass is 127. The highest BCUT2D eigenvalue weighted by Gasteiger charge is 2.76. The lowest BCUT2D eigenvalue weighted by molar-refractivity contribution is -0.180. The zero-order chi connectivity index (χ0) is 21.7. The Labute approximate surface area is 184 Å². The summed E-state index contributed by atoms with van der Waals surface area (Å²) in [7, 11) is 1.10. The number of esters is 1. The summed E-state index contributed by atoms with van der Waals surface area (Å²) in [4.78, 5) is 51.4. The molecular formula is C18H20IN3O6S. The SMILES string of the molecule is COC(=O)C1(NC(=O)C(N)c2ccccc2I)C(=O)N2[C@@H](C(=O)O)C(C)(C)S[C@@H]21. The fourth-order valence-electron chi connectivity index (χ4n) is 3.72. The van der Waals surface area contributed by atoms with Crippen LogP contribution in [0.4, 0.5) is 0 Å². The van der Waals surface area contributed by atoms with E-state index in [0.717, 1.165) is 27.3 Å². The van der Waals surface area contributed by atoms with Crippen LogP contribution in [0.1, 0.15) is 25.5 Å². The lowest BCUT2D eigenvalue weighted by atomic mass is 9.84. The number of amides is 2. The van der Waals surface area contributed by atoms with E-state index >= 15 is 0 Å². The normalized spacial score (nSPS) is 28.2. The Balaban J connectivity index is 1.95. The Kier molecular flexibility index (Phi) is 5.60. The molecule has 2 amide bonds. The molecular weight excluding hydrogens is 513 g/mol. The topological polar surface area (TPSA) is 139 Å². The van der Waals surface area contributed by atoms with Gasteiger partial charge in [0.2, 0.25) is 11.4 Å². The van der Waals surface area contributed by atoms with Gasteiger partial charge < -0.3 is 25.8 Å². The third-order valence-corrected chi connectivity index (χ3v) is 7.75. The number of carbonyl (C=O) groups is 4. The molecule has 0 aliphatic carbocycles. The van der Waals surface area contributed by atoms with E-state index in [-0.39, 0.29) is 0 Å². The molecule has 4 atom stereocenters. The van der Waals surface area contributed by atoms with Crippen LogP contribution >= 0.6 is 34.4 Å². The lowest BCUT2D eigenvalue weighted by Gasteiger charge is -2.50. The number of hydrogen-bond donors (Lipinski definition) is 3.